The van der Waals surface area contributed by atoms with Crippen molar-refractivity contribution in [3.05, 3.63) is 47.3 Å². The second kappa shape index (κ2) is 7.31. The predicted octanol–water partition coefficient (Wildman–Crippen LogP) is 3.63. The topological polar surface area (TPSA) is 55.1 Å². The van der Waals surface area contributed by atoms with Gasteiger partial charge in [-0.1, -0.05) is 37.2 Å². The van der Waals surface area contributed by atoms with Crippen LogP contribution in [0.2, 0.25) is 0 Å². The third kappa shape index (κ3) is 4.11. The van der Waals surface area contributed by atoms with Gasteiger partial charge in [-0.15, -0.1) is 11.8 Å². The average Bonchev–Trinajstić information content (AvgIpc) is 2.86. The average molecular weight is 304 g/mol. The number of aromatic nitrogens is 1. The number of aryl methyl sites for hydroxylation is 1. The van der Waals surface area contributed by atoms with Gasteiger partial charge in [-0.25, -0.2) is 0 Å². The van der Waals surface area contributed by atoms with E-state index < -0.39 is 0 Å². The van der Waals surface area contributed by atoms with Crippen molar-refractivity contribution < 1.29 is 9.32 Å². The van der Waals surface area contributed by atoms with E-state index >= 15 is 0 Å². The monoisotopic (exact) mass is 304 g/mol. The zero-order chi connectivity index (χ0) is 15.2. The molecule has 0 spiro atoms. The van der Waals surface area contributed by atoms with Gasteiger partial charge >= 0.3 is 0 Å². The van der Waals surface area contributed by atoms with Crippen LogP contribution >= 0.6 is 11.8 Å². The minimum Gasteiger partial charge on any atom is -0.360 e. The van der Waals surface area contributed by atoms with Crippen LogP contribution in [0, 0.1) is 6.92 Å². The maximum atomic E-state index is 12.2. The van der Waals surface area contributed by atoms with Gasteiger partial charge in [0.2, 0.25) is 0 Å². The van der Waals surface area contributed by atoms with E-state index in [1.807, 2.05) is 32.0 Å². The summed E-state index contributed by atoms with van der Waals surface area (Å²) in [6, 6.07) is 10.1. The van der Waals surface area contributed by atoms with Crippen LogP contribution in [0.4, 0.5) is 0 Å². The summed E-state index contributed by atoms with van der Waals surface area (Å²) < 4.78 is 5.24. The normalized spacial score (nSPS) is 10.9. The smallest absolute Gasteiger partial charge is 0.256 e. The number of benzene rings is 1. The molecule has 21 heavy (non-hydrogen) atoms. The quantitative estimate of drug-likeness (QED) is 0.654. The third-order valence-electron chi connectivity index (χ3n) is 3.04. The zero-order valence-electron chi connectivity index (χ0n) is 12.6. The van der Waals surface area contributed by atoms with Crippen LogP contribution in [0.3, 0.4) is 0 Å². The third-order valence-corrected chi connectivity index (χ3v) is 4.05. The second-order valence-corrected chi connectivity index (χ2v) is 6.25. The van der Waals surface area contributed by atoms with Gasteiger partial charge in [-0.05, 0) is 19.1 Å². The first-order valence-electron chi connectivity index (χ1n) is 7.01. The van der Waals surface area contributed by atoms with E-state index in [9.17, 15) is 4.79 Å². The fourth-order valence-corrected chi connectivity index (χ4v) is 2.79. The Morgan fingerprint density at radius 2 is 2.05 bits per heavy atom. The maximum absolute atomic E-state index is 12.2. The molecule has 1 aromatic carbocycles. The Labute approximate surface area is 129 Å². The summed E-state index contributed by atoms with van der Waals surface area (Å²) in [5.74, 6) is 1.52. The molecule has 4 nitrogen and oxygen atoms in total. The van der Waals surface area contributed by atoms with Crippen molar-refractivity contribution in [2.45, 2.75) is 31.6 Å². The lowest BCUT2D eigenvalue weighted by Gasteiger charge is -2.07. The number of thioether (sulfide) groups is 1. The largest absolute Gasteiger partial charge is 0.360 e. The number of hydrogen-bond donors (Lipinski definition) is 1. The molecule has 0 radical (unpaired) electrons. The molecule has 2 rings (SSSR count). The first-order chi connectivity index (χ1) is 10.1. The molecule has 0 fully saturated rings. The van der Waals surface area contributed by atoms with E-state index in [-0.39, 0.29) is 11.8 Å². The molecule has 0 aliphatic heterocycles. The second-order valence-electron chi connectivity index (χ2n) is 5.08. The Balaban J connectivity index is 1.86. The lowest BCUT2D eigenvalue weighted by molar-refractivity contribution is 0.0953. The number of nitrogens with zero attached hydrogens (tertiary/aromatic N) is 1. The van der Waals surface area contributed by atoms with E-state index in [2.05, 4.69) is 22.6 Å². The van der Waals surface area contributed by atoms with Crippen LogP contribution in [0.25, 0.3) is 0 Å². The highest BCUT2D eigenvalue weighted by atomic mass is 32.2. The van der Waals surface area contributed by atoms with Crippen LogP contribution in [-0.2, 0) is 0 Å². The predicted molar refractivity (Wildman–Crippen MR) is 84.8 cm³/mol. The molecule has 0 aliphatic rings. The van der Waals surface area contributed by atoms with Gasteiger partial charge in [0.25, 0.3) is 5.91 Å². The number of rotatable bonds is 6. The highest BCUT2D eigenvalue weighted by Gasteiger charge is 2.21. The molecule has 0 aliphatic carbocycles. The van der Waals surface area contributed by atoms with Crippen LogP contribution in [0.5, 0.6) is 0 Å². The van der Waals surface area contributed by atoms with Gasteiger partial charge in [0, 0.05) is 23.1 Å². The summed E-state index contributed by atoms with van der Waals surface area (Å²) >= 11 is 1.72. The molecule has 1 amide bonds. The van der Waals surface area contributed by atoms with Crippen molar-refractivity contribution in [2.75, 3.05) is 12.3 Å². The molecule has 0 saturated heterocycles. The standard InChI is InChI=1S/C16H20N2O2S/c1-11(2)15-14(12(3)18-20-15)16(19)17-9-10-21-13-7-5-4-6-8-13/h4-8,11H,9-10H2,1-3H3,(H,17,19). The Hall–Kier alpha value is -1.75. The van der Waals surface area contributed by atoms with Gasteiger partial charge in [-0.2, -0.15) is 0 Å². The molecule has 1 heterocycles. The van der Waals surface area contributed by atoms with E-state index in [0.717, 1.165) is 5.75 Å². The van der Waals surface area contributed by atoms with Crippen molar-refractivity contribution >= 4 is 17.7 Å². The van der Waals surface area contributed by atoms with Gasteiger partial charge in [0.1, 0.15) is 5.56 Å². The van der Waals surface area contributed by atoms with E-state index in [0.29, 0.717) is 23.6 Å². The Morgan fingerprint density at radius 1 is 1.33 bits per heavy atom. The van der Waals surface area contributed by atoms with Crippen molar-refractivity contribution in [3.8, 4) is 0 Å². The van der Waals surface area contributed by atoms with Crippen molar-refractivity contribution in [2.24, 2.45) is 0 Å². The molecular weight excluding hydrogens is 284 g/mol. The summed E-state index contributed by atoms with van der Waals surface area (Å²) in [7, 11) is 0. The Bertz CT molecular complexity index is 594. The summed E-state index contributed by atoms with van der Waals surface area (Å²) in [6.07, 6.45) is 0. The minimum atomic E-state index is -0.105. The van der Waals surface area contributed by atoms with Crippen LogP contribution < -0.4 is 5.32 Å². The van der Waals surface area contributed by atoms with E-state index in [4.69, 9.17) is 4.52 Å². The van der Waals surface area contributed by atoms with Crippen molar-refractivity contribution in [3.63, 3.8) is 0 Å². The van der Waals surface area contributed by atoms with E-state index in [1.165, 1.54) is 4.90 Å². The van der Waals surface area contributed by atoms with Gasteiger partial charge in [0.15, 0.2) is 5.76 Å². The minimum absolute atomic E-state index is 0.105. The fraction of sp³-hybridized carbons (Fsp3) is 0.375. The maximum Gasteiger partial charge on any atom is 0.256 e. The molecule has 0 atom stereocenters. The molecule has 0 saturated carbocycles. The number of carbonyl (C=O) groups excluding carboxylic acids is 1. The lowest BCUT2D eigenvalue weighted by Crippen LogP contribution is -2.27. The molecule has 112 valence electrons. The van der Waals surface area contributed by atoms with Gasteiger partial charge in [0.05, 0.1) is 5.69 Å². The zero-order valence-corrected chi connectivity index (χ0v) is 13.4. The number of nitrogens with one attached hydrogen (secondary N) is 1. The molecule has 1 aromatic heterocycles. The molecule has 1 N–H and O–H groups in total. The summed E-state index contributed by atoms with van der Waals surface area (Å²) in [4.78, 5) is 13.4. The number of hydrogen-bond acceptors (Lipinski definition) is 4. The molecule has 2 aromatic rings. The number of amides is 1. The molecule has 5 heteroatoms. The number of carbonyl (C=O) groups is 1. The first kappa shape index (κ1) is 15.6. The SMILES string of the molecule is Cc1noc(C(C)C)c1C(=O)NCCSc1ccccc1. The Kier molecular flexibility index (Phi) is 5.44. The van der Waals surface area contributed by atoms with Gasteiger partial charge < -0.3 is 9.84 Å². The van der Waals surface area contributed by atoms with Crippen molar-refractivity contribution in [1.29, 1.82) is 0 Å². The summed E-state index contributed by atoms with van der Waals surface area (Å²) in [6.45, 7) is 6.38. The van der Waals surface area contributed by atoms with Crippen molar-refractivity contribution in [1.82, 2.24) is 10.5 Å². The molecule has 0 bridgehead atoms. The summed E-state index contributed by atoms with van der Waals surface area (Å²) in [5, 5.41) is 6.83. The first-order valence-corrected chi connectivity index (χ1v) is 8.00. The van der Waals surface area contributed by atoms with Crippen LogP contribution in [0.1, 0.15) is 41.6 Å². The fourth-order valence-electron chi connectivity index (χ4n) is 2.00. The highest BCUT2D eigenvalue weighted by molar-refractivity contribution is 7.99. The molecular formula is C16H20N2O2S. The molecule has 0 unspecified atom stereocenters. The van der Waals surface area contributed by atoms with Crippen LogP contribution in [0.15, 0.2) is 39.8 Å². The van der Waals surface area contributed by atoms with E-state index in [1.54, 1.807) is 18.7 Å². The lowest BCUT2D eigenvalue weighted by atomic mass is 10.0. The summed E-state index contributed by atoms with van der Waals surface area (Å²) in [5.41, 5.74) is 1.22. The van der Waals surface area contributed by atoms with Gasteiger partial charge in [-0.3, -0.25) is 4.79 Å². The highest BCUT2D eigenvalue weighted by Crippen LogP contribution is 2.22. The van der Waals surface area contributed by atoms with Crippen LogP contribution in [-0.4, -0.2) is 23.4 Å². The Morgan fingerprint density at radius 3 is 2.71 bits per heavy atom.